The maximum atomic E-state index is 6.17. The molecule has 2 aliphatic rings. The maximum absolute atomic E-state index is 6.17. The van der Waals surface area contributed by atoms with Crippen LogP contribution in [-0.4, -0.2) is 22.5 Å². The molecule has 20 heavy (non-hydrogen) atoms. The highest BCUT2D eigenvalue weighted by molar-refractivity contribution is 7.15. The van der Waals surface area contributed by atoms with Crippen LogP contribution in [0.25, 0.3) is 4.96 Å². The first-order valence-electron chi connectivity index (χ1n) is 7.57. The zero-order valence-corrected chi connectivity index (χ0v) is 13.2. The van der Waals surface area contributed by atoms with Crippen molar-refractivity contribution in [3.05, 3.63) is 17.3 Å². The molecule has 0 aromatic carbocycles. The second kappa shape index (κ2) is 4.92. The minimum atomic E-state index is 0.537. The Morgan fingerprint density at radius 2 is 1.95 bits per heavy atom. The molecule has 1 aliphatic carbocycles. The van der Waals surface area contributed by atoms with Crippen LogP contribution in [-0.2, 0) is 5.88 Å². The second-order valence-corrected chi connectivity index (χ2v) is 7.41. The van der Waals surface area contributed by atoms with Crippen LogP contribution in [0.15, 0.2) is 11.6 Å². The average Bonchev–Trinajstić information content (AvgIpc) is 3.15. The van der Waals surface area contributed by atoms with Gasteiger partial charge in [0.05, 0.1) is 11.6 Å². The van der Waals surface area contributed by atoms with E-state index in [0.717, 1.165) is 29.6 Å². The third-order valence-electron chi connectivity index (χ3n) is 5.25. The number of fused-ring (bicyclic) bond motifs is 1. The molecular formula is C15H20ClN3S. The van der Waals surface area contributed by atoms with E-state index in [2.05, 4.69) is 20.9 Å². The zero-order valence-electron chi connectivity index (χ0n) is 11.6. The molecule has 0 unspecified atom stereocenters. The van der Waals surface area contributed by atoms with Gasteiger partial charge in [0.2, 0.25) is 0 Å². The van der Waals surface area contributed by atoms with Crippen molar-refractivity contribution in [2.75, 3.05) is 18.0 Å². The Labute approximate surface area is 128 Å². The lowest BCUT2D eigenvalue weighted by atomic mass is 9.77. The van der Waals surface area contributed by atoms with Crippen LogP contribution in [0.2, 0.25) is 0 Å². The number of thiazole rings is 1. The van der Waals surface area contributed by atoms with Crippen molar-refractivity contribution in [3.63, 3.8) is 0 Å². The van der Waals surface area contributed by atoms with E-state index in [1.807, 2.05) is 0 Å². The summed E-state index contributed by atoms with van der Waals surface area (Å²) >= 11 is 7.85. The topological polar surface area (TPSA) is 20.5 Å². The van der Waals surface area contributed by atoms with Crippen LogP contribution in [0.3, 0.4) is 0 Å². The molecule has 0 atom stereocenters. The Hall–Kier alpha value is -0.740. The summed E-state index contributed by atoms with van der Waals surface area (Å²) in [4.78, 5) is 8.33. The van der Waals surface area contributed by atoms with Gasteiger partial charge in [-0.3, -0.25) is 4.40 Å². The molecule has 2 aromatic heterocycles. The summed E-state index contributed by atoms with van der Waals surface area (Å²) in [5.74, 6) is 1.66. The van der Waals surface area contributed by atoms with Crippen molar-refractivity contribution in [3.8, 4) is 0 Å². The molecule has 4 rings (SSSR count). The SMILES string of the molecule is ClCc1c(N2CCC3(CCCC3)CC2)nc2sccn12. The van der Waals surface area contributed by atoms with Crippen LogP contribution in [0.4, 0.5) is 5.82 Å². The van der Waals surface area contributed by atoms with Crippen molar-refractivity contribution < 1.29 is 0 Å². The van der Waals surface area contributed by atoms with Gasteiger partial charge in [-0.15, -0.1) is 22.9 Å². The van der Waals surface area contributed by atoms with Gasteiger partial charge in [-0.05, 0) is 31.1 Å². The number of hydrogen-bond acceptors (Lipinski definition) is 3. The number of hydrogen-bond donors (Lipinski definition) is 0. The molecule has 2 fully saturated rings. The van der Waals surface area contributed by atoms with Crippen molar-refractivity contribution in [2.45, 2.75) is 44.4 Å². The second-order valence-electron chi connectivity index (χ2n) is 6.27. The van der Waals surface area contributed by atoms with Gasteiger partial charge in [-0.2, -0.15) is 0 Å². The van der Waals surface area contributed by atoms with Crippen molar-refractivity contribution in [2.24, 2.45) is 5.41 Å². The van der Waals surface area contributed by atoms with E-state index in [4.69, 9.17) is 16.6 Å². The summed E-state index contributed by atoms with van der Waals surface area (Å²) in [6.45, 7) is 2.30. The van der Waals surface area contributed by atoms with Crippen molar-refractivity contribution in [1.82, 2.24) is 9.38 Å². The average molecular weight is 310 g/mol. The normalized spacial score (nSPS) is 22.1. The Kier molecular flexibility index (Phi) is 3.19. The molecule has 0 bridgehead atoms. The largest absolute Gasteiger partial charge is 0.355 e. The minimum Gasteiger partial charge on any atom is -0.355 e. The van der Waals surface area contributed by atoms with Gasteiger partial charge in [0.1, 0.15) is 0 Å². The number of piperidine rings is 1. The third-order valence-corrected chi connectivity index (χ3v) is 6.26. The predicted octanol–water partition coefficient (Wildman–Crippen LogP) is 4.30. The fourth-order valence-electron chi connectivity index (χ4n) is 4.02. The molecule has 0 N–H and O–H groups in total. The third kappa shape index (κ3) is 1.96. The first-order chi connectivity index (χ1) is 9.81. The van der Waals surface area contributed by atoms with Crippen LogP contribution in [0.1, 0.15) is 44.2 Å². The van der Waals surface area contributed by atoms with Crippen molar-refractivity contribution in [1.29, 1.82) is 0 Å². The van der Waals surface area contributed by atoms with Gasteiger partial charge < -0.3 is 4.90 Å². The maximum Gasteiger partial charge on any atom is 0.195 e. The highest BCUT2D eigenvalue weighted by atomic mass is 35.5. The number of halogens is 1. The van der Waals surface area contributed by atoms with Gasteiger partial charge in [0.25, 0.3) is 0 Å². The molecule has 1 saturated carbocycles. The summed E-state index contributed by atoms with van der Waals surface area (Å²) in [6.07, 6.45) is 10.5. The smallest absolute Gasteiger partial charge is 0.195 e. The molecule has 108 valence electrons. The van der Waals surface area contributed by atoms with E-state index in [9.17, 15) is 0 Å². The molecule has 0 radical (unpaired) electrons. The number of rotatable bonds is 2. The minimum absolute atomic E-state index is 0.537. The lowest BCUT2D eigenvalue weighted by Crippen LogP contribution is -2.39. The van der Waals surface area contributed by atoms with E-state index in [-0.39, 0.29) is 0 Å². The van der Waals surface area contributed by atoms with Crippen LogP contribution < -0.4 is 4.90 Å². The highest BCUT2D eigenvalue weighted by Crippen LogP contribution is 2.46. The lowest BCUT2D eigenvalue weighted by molar-refractivity contribution is 0.226. The fraction of sp³-hybridized carbons (Fsp3) is 0.667. The molecule has 3 nitrogen and oxygen atoms in total. The fourth-order valence-corrected chi connectivity index (χ4v) is 4.99. The van der Waals surface area contributed by atoms with Gasteiger partial charge in [-0.1, -0.05) is 12.8 Å². The van der Waals surface area contributed by atoms with E-state index in [0.29, 0.717) is 11.3 Å². The molecule has 5 heteroatoms. The van der Waals surface area contributed by atoms with Crippen LogP contribution in [0, 0.1) is 5.41 Å². The number of alkyl halides is 1. The van der Waals surface area contributed by atoms with Crippen molar-refractivity contribution >= 4 is 33.7 Å². The van der Waals surface area contributed by atoms with Gasteiger partial charge in [0.15, 0.2) is 10.8 Å². The van der Waals surface area contributed by atoms with Crippen LogP contribution >= 0.6 is 22.9 Å². The summed E-state index contributed by atoms with van der Waals surface area (Å²) in [7, 11) is 0. The highest BCUT2D eigenvalue weighted by Gasteiger charge is 2.37. The number of aromatic nitrogens is 2. The standard InChI is InChI=1S/C15H20ClN3S/c16-11-12-13(17-14-19(12)9-10-20-14)18-7-5-15(6-8-18)3-1-2-4-15/h9-10H,1-8,11H2. The molecular weight excluding hydrogens is 290 g/mol. The molecule has 3 heterocycles. The predicted molar refractivity (Wildman–Crippen MR) is 85.0 cm³/mol. The number of nitrogens with zero attached hydrogens (tertiary/aromatic N) is 3. The zero-order chi connectivity index (χ0) is 13.6. The van der Waals surface area contributed by atoms with E-state index < -0.39 is 0 Å². The summed E-state index contributed by atoms with van der Waals surface area (Å²) < 4.78 is 2.15. The first kappa shape index (κ1) is 13.0. The molecule has 1 saturated heterocycles. The molecule has 2 aromatic rings. The number of anilines is 1. The Morgan fingerprint density at radius 1 is 1.20 bits per heavy atom. The van der Waals surface area contributed by atoms with E-state index in [1.54, 1.807) is 11.3 Å². The van der Waals surface area contributed by atoms with Gasteiger partial charge >= 0.3 is 0 Å². The van der Waals surface area contributed by atoms with Crippen LogP contribution in [0.5, 0.6) is 0 Å². The molecule has 0 amide bonds. The Morgan fingerprint density at radius 3 is 2.65 bits per heavy atom. The van der Waals surface area contributed by atoms with E-state index in [1.165, 1.54) is 38.5 Å². The molecule has 1 spiro atoms. The summed E-state index contributed by atoms with van der Waals surface area (Å²) in [5.41, 5.74) is 1.82. The first-order valence-corrected chi connectivity index (χ1v) is 8.98. The van der Waals surface area contributed by atoms with Gasteiger partial charge in [0, 0.05) is 24.7 Å². The van der Waals surface area contributed by atoms with Gasteiger partial charge in [-0.25, -0.2) is 4.98 Å². The summed E-state index contributed by atoms with van der Waals surface area (Å²) in [6, 6.07) is 0. The summed E-state index contributed by atoms with van der Waals surface area (Å²) in [5, 5.41) is 2.08. The quantitative estimate of drug-likeness (QED) is 0.771. The van der Waals surface area contributed by atoms with E-state index >= 15 is 0 Å². The Balaban J connectivity index is 1.59. The lowest BCUT2D eigenvalue weighted by Gasteiger charge is -2.39. The molecule has 1 aliphatic heterocycles. The monoisotopic (exact) mass is 309 g/mol. The Bertz CT molecular complexity index is 602. The number of imidazole rings is 1.